The van der Waals surface area contributed by atoms with Crippen LogP contribution in [0, 0.1) is 4.64 Å². The van der Waals surface area contributed by atoms with E-state index in [4.69, 9.17) is 12.2 Å². The molecule has 0 aliphatic heterocycles. The molecule has 0 aliphatic carbocycles. The second kappa shape index (κ2) is 4.31. The zero-order chi connectivity index (χ0) is 11.0. The number of halogens is 2. The van der Waals surface area contributed by atoms with E-state index in [9.17, 15) is 0 Å². The maximum atomic E-state index is 5.25. The molecule has 1 heterocycles. The predicted octanol–water partition coefficient (Wildman–Crippen LogP) is 4.38. The third-order valence-electron chi connectivity index (χ3n) is 2.13. The van der Waals surface area contributed by atoms with Crippen molar-refractivity contribution >= 4 is 55.0 Å². The topological polar surface area (TPSA) is 28.7 Å². The highest BCUT2D eigenvalue weighted by molar-refractivity contribution is 9.11. The minimum Gasteiger partial charge on any atom is -0.342 e. The minimum atomic E-state index is 0.641. The van der Waals surface area contributed by atoms with Gasteiger partial charge in [0, 0.05) is 20.8 Å². The summed E-state index contributed by atoms with van der Waals surface area (Å²) in [6.07, 6.45) is 0.849. The van der Waals surface area contributed by atoms with Crippen molar-refractivity contribution in [2.75, 3.05) is 0 Å². The molecule has 0 bridgehead atoms. The van der Waals surface area contributed by atoms with Gasteiger partial charge in [0.2, 0.25) is 0 Å². The first kappa shape index (κ1) is 11.2. The van der Waals surface area contributed by atoms with Gasteiger partial charge in [0.15, 0.2) is 0 Å². The highest BCUT2D eigenvalue weighted by Gasteiger charge is 2.05. The van der Waals surface area contributed by atoms with Gasteiger partial charge in [-0.2, -0.15) is 0 Å². The maximum Gasteiger partial charge on any atom is 0.137 e. The summed E-state index contributed by atoms with van der Waals surface area (Å²) in [4.78, 5) is 7.59. The molecule has 0 spiro atoms. The zero-order valence-electron chi connectivity index (χ0n) is 7.97. The van der Waals surface area contributed by atoms with Crippen molar-refractivity contribution in [3.63, 3.8) is 0 Å². The fourth-order valence-electron chi connectivity index (χ4n) is 1.39. The summed E-state index contributed by atoms with van der Waals surface area (Å²) < 4.78 is 2.63. The lowest BCUT2D eigenvalue weighted by Crippen LogP contribution is -1.94. The van der Waals surface area contributed by atoms with Crippen LogP contribution in [0.4, 0.5) is 0 Å². The lowest BCUT2D eigenvalue weighted by molar-refractivity contribution is 0.954. The summed E-state index contributed by atoms with van der Waals surface area (Å²) in [5.74, 6) is 0.913. The predicted molar refractivity (Wildman–Crippen MR) is 71.7 cm³/mol. The number of fused-ring (bicyclic) bond motifs is 1. The first-order valence-corrected chi connectivity index (χ1v) is 6.49. The molecule has 1 aromatic carbocycles. The van der Waals surface area contributed by atoms with Crippen molar-refractivity contribution in [1.82, 2.24) is 9.97 Å². The Hall–Kier alpha value is -0.260. The van der Waals surface area contributed by atoms with Crippen molar-refractivity contribution in [3.8, 4) is 0 Å². The Labute approximate surface area is 109 Å². The van der Waals surface area contributed by atoms with Gasteiger partial charge in [-0.15, -0.1) is 0 Å². The Morgan fingerprint density at radius 3 is 2.80 bits per heavy atom. The van der Waals surface area contributed by atoms with E-state index in [1.54, 1.807) is 0 Å². The number of H-pyrrole nitrogens is 1. The summed E-state index contributed by atoms with van der Waals surface area (Å²) in [5, 5.41) is 0.962. The zero-order valence-corrected chi connectivity index (χ0v) is 12.0. The van der Waals surface area contributed by atoms with E-state index in [0.29, 0.717) is 4.64 Å². The van der Waals surface area contributed by atoms with E-state index in [1.165, 1.54) is 0 Å². The number of aromatic nitrogens is 2. The maximum absolute atomic E-state index is 5.25. The van der Waals surface area contributed by atoms with E-state index in [-0.39, 0.29) is 0 Å². The van der Waals surface area contributed by atoms with Crippen LogP contribution in [0.2, 0.25) is 0 Å². The van der Waals surface area contributed by atoms with Crippen LogP contribution in [0.3, 0.4) is 0 Å². The fourth-order valence-corrected chi connectivity index (χ4v) is 2.99. The summed E-state index contributed by atoms with van der Waals surface area (Å²) in [6, 6.07) is 3.97. The number of benzene rings is 1. The molecule has 2 rings (SSSR count). The van der Waals surface area contributed by atoms with Crippen LogP contribution in [0.25, 0.3) is 10.9 Å². The highest BCUT2D eigenvalue weighted by Crippen LogP contribution is 2.27. The first-order valence-electron chi connectivity index (χ1n) is 4.49. The van der Waals surface area contributed by atoms with Crippen LogP contribution in [0.5, 0.6) is 0 Å². The molecule has 0 saturated heterocycles. The smallest absolute Gasteiger partial charge is 0.137 e. The Balaban J connectivity index is 2.91. The standard InChI is InChI=1S/C10H8Br2N2S/c1-2-8-13-9-6(10(15)14-8)3-5(11)4-7(9)12/h3-4H,2H2,1H3,(H,13,14,15). The van der Waals surface area contributed by atoms with Crippen LogP contribution in [0.15, 0.2) is 21.1 Å². The summed E-state index contributed by atoms with van der Waals surface area (Å²) >= 11 is 12.2. The van der Waals surface area contributed by atoms with Crippen molar-refractivity contribution in [2.45, 2.75) is 13.3 Å². The fraction of sp³-hybridized carbons (Fsp3) is 0.200. The van der Waals surface area contributed by atoms with Gasteiger partial charge in [0.25, 0.3) is 0 Å². The van der Waals surface area contributed by atoms with Gasteiger partial charge in [-0.1, -0.05) is 35.1 Å². The van der Waals surface area contributed by atoms with Crippen LogP contribution in [0.1, 0.15) is 12.7 Å². The monoisotopic (exact) mass is 346 g/mol. The molecule has 1 aromatic heterocycles. The van der Waals surface area contributed by atoms with Gasteiger partial charge in [-0.05, 0) is 28.1 Å². The number of aromatic amines is 1. The SMILES string of the molecule is CCc1nc(=S)c2cc(Br)cc(Br)c2[nH]1. The van der Waals surface area contributed by atoms with Crippen molar-refractivity contribution in [1.29, 1.82) is 0 Å². The minimum absolute atomic E-state index is 0.641. The average Bonchev–Trinajstić information content (AvgIpc) is 2.19. The number of hydrogen-bond acceptors (Lipinski definition) is 2. The number of nitrogens with zero attached hydrogens (tertiary/aromatic N) is 1. The molecule has 2 aromatic rings. The Kier molecular flexibility index (Phi) is 3.23. The van der Waals surface area contributed by atoms with Gasteiger partial charge in [-0.3, -0.25) is 0 Å². The number of nitrogens with one attached hydrogen (secondary N) is 1. The molecule has 0 aliphatic rings. The quantitative estimate of drug-likeness (QED) is 0.775. The Morgan fingerprint density at radius 1 is 1.40 bits per heavy atom. The van der Waals surface area contributed by atoms with Gasteiger partial charge in [-0.25, -0.2) is 4.98 Å². The van der Waals surface area contributed by atoms with Crippen LogP contribution < -0.4 is 0 Å². The molecule has 0 saturated carbocycles. The highest BCUT2D eigenvalue weighted by atomic mass is 79.9. The van der Waals surface area contributed by atoms with Crippen LogP contribution >= 0.6 is 44.1 Å². The molecule has 2 nitrogen and oxygen atoms in total. The normalized spacial score (nSPS) is 10.9. The summed E-state index contributed by atoms with van der Waals surface area (Å²) in [5.41, 5.74) is 1.01. The molecule has 5 heteroatoms. The summed E-state index contributed by atoms with van der Waals surface area (Å²) in [6.45, 7) is 2.05. The van der Waals surface area contributed by atoms with Crippen LogP contribution in [-0.4, -0.2) is 9.97 Å². The largest absolute Gasteiger partial charge is 0.342 e. The molecule has 78 valence electrons. The third kappa shape index (κ3) is 2.14. The van der Waals surface area contributed by atoms with Gasteiger partial charge >= 0.3 is 0 Å². The molecule has 1 N–H and O–H groups in total. The van der Waals surface area contributed by atoms with Gasteiger partial charge in [0.05, 0.1) is 5.52 Å². The summed E-state index contributed by atoms with van der Waals surface area (Å²) in [7, 11) is 0. The second-order valence-corrected chi connectivity index (χ2v) is 5.31. The number of hydrogen-bond donors (Lipinski definition) is 1. The third-order valence-corrected chi connectivity index (χ3v) is 3.52. The number of rotatable bonds is 1. The van der Waals surface area contributed by atoms with Gasteiger partial charge in [0.1, 0.15) is 10.5 Å². The molecule has 0 unspecified atom stereocenters. The van der Waals surface area contributed by atoms with E-state index in [2.05, 4.69) is 41.8 Å². The molecule has 0 amide bonds. The first-order chi connectivity index (χ1) is 7.11. The van der Waals surface area contributed by atoms with Crippen molar-refractivity contribution in [3.05, 3.63) is 31.5 Å². The van der Waals surface area contributed by atoms with E-state index < -0.39 is 0 Å². The number of aryl methyl sites for hydroxylation is 1. The van der Waals surface area contributed by atoms with E-state index in [0.717, 1.165) is 32.1 Å². The van der Waals surface area contributed by atoms with Crippen LogP contribution in [-0.2, 0) is 6.42 Å². The molecular formula is C10H8Br2N2S. The Morgan fingerprint density at radius 2 is 2.13 bits per heavy atom. The molecule has 15 heavy (non-hydrogen) atoms. The van der Waals surface area contributed by atoms with E-state index in [1.807, 2.05) is 19.1 Å². The molecule has 0 radical (unpaired) electrons. The van der Waals surface area contributed by atoms with E-state index >= 15 is 0 Å². The second-order valence-electron chi connectivity index (χ2n) is 3.15. The average molecular weight is 348 g/mol. The lowest BCUT2D eigenvalue weighted by atomic mass is 10.2. The lowest BCUT2D eigenvalue weighted by Gasteiger charge is -2.05. The Bertz CT molecular complexity index is 577. The van der Waals surface area contributed by atoms with Gasteiger partial charge < -0.3 is 4.98 Å². The molecule has 0 fully saturated rings. The molecular weight excluding hydrogens is 340 g/mol. The van der Waals surface area contributed by atoms with Crippen molar-refractivity contribution < 1.29 is 0 Å². The van der Waals surface area contributed by atoms with Crippen molar-refractivity contribution in [2.24, 2.45) is 0 Å². The molecule has 0 atom stereocenters.